The predicted molar refractivity (Wildman–Crippen MR) is 95.8 cm³/mol. The standard InChI is InChI=1S/C18H22N2O3S/c1-4-11-19-18(21)15-7-10-17(14(3)12-15)20-24(22,23)16-8-5-13(2)6-9-16/h5-10,12,20H,4,11H2,1-3H3,(H,19,21). The maximum absolute atomic E-state index is 12.4. The fraction of sp³-hybridized carbons (Fsp3) is 0.278. The molecule has 0 saturated heterocycles. The first-order valence-corrected chi connectivity index (χ1v) is 9.30. The van der Waals surface area contributed by atoms with Gasteiger partial charge in [0.05, 0.1) is 10.6 Å². The lowest BCUT2D eigenvalue weighted by molar-refractivity contribution is 0.0953. The second-order valence-electron chi connectivity index (χ2n) is 5.70. The number of benzene rings is 2. The number of hydrogen-bond acceptors (Lipinski definition) is 3. The molecule has 2 rings (SSSR count). The van der Waals surface area contributed by atoms with E-state index in [4.69, 9.17) is 0 Å². The molecule has 2 aromatic carbocycles. The molecular formula is C18H22N2O3S. The van der Waals surface area contributed by atoms with Crippen LogP contribution in [0.5, 0.6) is 0 Å². The van der Waals surface area contributed by atoms with Gasteiger partial charge in [0.2, 0.25) is 0 Å². The summed E-state index contributed by atoms with van der Waals surface area (Å²) >= 11 is 0. The molecule has 128 valence electrons. The van der Waals surface area contributed by atoms with Crippen molar-refractivity contribution in [2.45, 2.75) is 32.1 Å². The number of amides is 1. The molecule has 0 atom stereocenters. The topological polar surface area (TPSA) is 75.3 Å². The van der Waals surface area contributed by atoms with Crippen molar-refractivity contribution < 1.29 is 13.2 Å². The Kier molecular flexibility index (Phi) is 5.62. The molecule has 0 bridgehead atoms. The number of carbonyl (C=O) groups excluding carboxylic acids is 1. The van der Waals surface area contributed by atoms with Crippen LogP contribution in [0.25, 0.3) is 0 Å². The second-order valence-corrected chi connectivity index (χ2v) is 7.39. The Labute approximate surface area is 143 Å². The van der Waals surface area contributed by atoms with E-state index in [0.29, 0.717) is 23.4 Å². The summed E-state index contributed by atoms with van der Waals surface area (Å²) < 4.78 is 27.4. The molecule has 24 heavy (non-hydrogen) atoms. The van der Waals surface area contributed by atoms with Crippen LogP contribution < -0.4 is 10.0 Å². The minimum Gasteiger partial charge on any atom is -0.352 e. The van der Waals surface area contributed by atoms with Crippen LogP contribution in [0.1, 0.15) is 34.8 Å². The molecule has 0 radical (unpaired) electrons. The molecule has 0 heterocycles. The Morgan fingerprint density at radius 3 is 2.29 bits per heavy atom. The molecule has 0 saturated carbocycles. The molecule has 0 spiro atoms. The minimum absolute atomic E-state index is 0.159. The minimum atomic E-state index is -3.65. The normalized spacial score (nSPS) is 11.1. The molecule has 2 aromatic rings. The average molecular weight is 346 g/mol. The summed E-state index contributed by atoms with van der Waals surface area (Å²) in [5.41, 5.74) is 2.66. The fourth-order valence-electron chi connectivity index (χ4n) is 2.18. The van der Waals surface area contributed by atoms with E-state index in [2.05, 4.69) is 10.0 Å². The number of nitrogens with one attached hydrogen (secondary N) is 2. The van der Waals surface area contributed by atoms with Gasteiger partial charge in [0.25, 0.3) is 15.9 Å². The van der Waals surface area contributed by atoms with E-state index < -0.39 is 10.0 Å². The maximum Gasteiger partial charge on any atom is 0.261 e. The van der Waals surface area contributed by atoms with E-state index in [1.807, 2.05) is 13.8 Å². The van der Waals surface area contributed by atoms with Crippen molar-refractivity contribution in [2.24, 2.45) is 0 Å². The van der Waals surface area contributed by atoms with E-state index in [0.717, 1.165) is 12.0 Å². The quantitative estimate of drug-likeness (QED) is 0.843. The number of sulfonamides is 1. The van der Waals surface area contributed by atoms with Gasteiger partial charge >= 0.3 is 0 Å². The largest absolute Gasteiger partial charge is 0.352 e. The molecule has 0 unspecified atom stereocenters. The number of carbonyl (C=O) groups is 1. The van der Waals surface area contributed by atoms with Crippen molar-refractivity contribution in [3.8, 4) is 0 Å². The van der Waals surface area contributed by atoms with Gasteiger partial charge in [-0.1, -0.05) is 24.6 Å². The van der Waals surface area contributed by atoms with Gasteiger partial charge in [-0.05, 0) is 56.2 Å². The highest BCUT2D eigenvalue weighted by atomic mass is 32.2. The van der Waals surface area contributed by atoms with Crippen molar-refractivity contribution >= 4 is 21.6 Å². The molecule has 0 fully saturated rings. The number of anilines is 1. The third kappa shape index (κ3) is 4.35. The smallest absolute Gasteiger partial charge is 0.261 e. The van der Waals surface area contributed by atoms with Gasteiger partial charge in [0, 0.05) is 12.1 Å². The molecule has 2 N–H and O–H groups in total. The number of aryl methyl sites for hydroxylation is 2. The molecule has 1 amide bonds. The van der Waals surface area contributed by atoms with Crippen LogP contribution in [0.3, 0.4) is 0 Å². The maximum atomic E-state index is 12.4. The highest BCUT2D eigenvalue weighted by Crippen LogP contribution is 2.21. The highest BCUT2D eigenvalue weighted by molar-refractivity contribution is 7.92. The third-order valence-corrected chi connectivity index (χ3v) is 4.98. The Bertz CT molecular complexity index is 828. The fourth-order valence-corrected chi connectivity index (χ4v) is 3.31. The van der Waals surface area contributed by atoms with Crippen LogP contribution in [0, 0.1) is 13.8 Å². The summed E-state index contributed by atoms with van der Waals surface area (Å²) in [5, 5.41) is 2.80. The lowest BCUT2D eigenvalue weighted by Gasteiger charge is -2.12. The van der Waals surface area contributed by atoms with E-state index in [1.165, 1.54) is 0 Å². The molecule has 0 aromatic heterocycles. The van der Waals surface area contributed by atoms with Gasteiger partial charge in [-0.3, -0.25) is 9.52 Å². The predicted octanol–water partition coefficient (Wildman–Crippen LogP) is 3.24. The molecule has 0 aliphatic heterocycles. The summed E-state index contributed by atoms with van der Waals surface area (Å²) in [5.74, 6) is -0.159. The van der Waals surface area contributed by atoms with Crippen molar-refractivity contribution in [3.63, 3.8) is 0 Å². The molecule has 5 nitrogen and oxygen atoms in total. The summed E-state index contributed by atoms with van der Waals surface area (Å²) in [7, 11) is -3.65. The zero-order valence-electron chi connectivity index (χ0n) is 14.1. The van der Waals surface area contributed by atoms with E-state index in [-0.39, 0.29) is 10.8 Å². The van der Waals surface area contributed by atoms with Crippen LogP contribution in [-0.4, -0.2) is 20.9 Å². The van der Waals surface area contributed by atoms with Crippen LogP contribution in [-0.2, 0) is 10.0 Å². The van der Waals surface area contributed by atoms with Gasteiger partial charge in [-0.15, -0.1) is 0 Å². The summed E-state index contributed by atoms with van der Waals surface area (Å²) in [6.45, 7) is 6.26. The molecular weight excluding hydrogens is 324 g/mol. The first-order valence-electron chi connectivity index (χ1n) is 7.82. The third-order valence-electron chi connectivity index (χ3n) is 3.60. The number of rotatable bonds is 6. The summed E-state index contributed by atoms with van der Waals surface area (Å²) in [6.07, 6.45) is 0.860. The monoisotopic (exact) mass is 346 g/mol. The van der Waals surface area contributed by atoms with Gasteiger partial charge in [-0.25, -0.2) is 8.42 Å². The Morgan fingerprint density at radius 1 is 1.04 bits per heavy atom. The zero-order valence-corrected chi connectivity index (χ0v) is 14.9. The zero-order chi connectivity index (χ0) is 17.7. The highest BCUT2D eigenvalue weighted by Gasteiger charge is 2.16. The molecule has 0 aliphatic rings. The lowest BCUT2D eigenvalue weighted by atomic mass is 10.1. The van der Waals surface area contributed by atoms with E-state index in [1.54, 1.807) is 49.4 Å². The van der Waals surface area contributed by atoms with Crippen LogP contribution in [0.2, 0.25) is 0 Å². The molecule has 6 heteroatoms. The average Bonchev–Trinajstić information content (AvgIpc) is 2.54. The van der Waals surface area contributed by atoms with Crippen LogP contribution in [0.15, 0.2) is 47.4 Å². The van der Waals surface area contributed by atoms with Crippen LogP contribution in [0.4, 0.5) is 5.69 Å². The molecule has 0 aliphatic carbocycles. The van der Waals surface area contributed by atoms with Crippen LogP contribution >= 0.6 is 0 Å². The lowest BCUT2D eigenvalue weighted by Crippen LogP contribution is -2.24. The van der Waals surface area contributed by atoms with Gasteiger partial charge in [0.15, 0.2) is 0 Å². The van der Waals surface area contributed by atoms with Crippen molar-refractivity contribution in [3.05, 3.63) is 59.2 Å². The first kappa shape index (κ1) is 18.0. The van der Waals surface area contributed by atoms with E-state index >= 15 is 0 Å². The van der Waals surface area contributed by atoms with E-state index in [9.17, 15) is 13.2 Å². The Balaban J connectivity index is 2.21. The van der Waals surface area contributed by atoms with Crippen molar-refractivity contribution in [1.29, 1.82) is 0 Å². The SMILES string of the molecule is CCCNC(=O)c1ccc(NS(=O)(=O)c2ccc(C)cc2)c(C)c1. The Morgan fingerprint density at radius 2 is 1.71 bits per heavy atom. The van der Waals surface area contributed by atoms with Crippen molar-refractivity contribution in [1.82, 2.24) is 5.32 Å². The summed E-state index contributed by atoms with van der Waals surface area (Å²) in [4.78, 5) is 12.2. The number of hydrogen-bond donors (Lipinski definition) is 2. The van der Waals surface area contributed by atoms with Gasteiger partial charge < -0.3 is 5.32 Å². The summed E-state index contributed by atoms with van der Waals surface area (Å²) in [6, 6.07) is 11.6. The van der Waals surface area contributed by atoms with Gasteiger partial charge in [-0.2, -0.15) is 0 Å². The van der Waals surface area contributed by atoms with Gasteiger partial charge in [0.1, 0.15) is 0 Å². The first-order chi connectivity index (χ1) is 11.3. The Hall–Kier alpha value is -2.34. The van der Waals surface area contributed by atoms with Crippen molar-refractivity contribution in [2.75, 3.05) is 11.3 Å². The second kappa shape index (κ2) is 7.49.